The molecule has 1 atom stereocenters. The number of aryl methyl sites for hydroxylation is 1. The zero-order valence-electron chi connectivity index (χ0n) is 11.2. The molecule has 1 aliphatic heterocycles. The maximum Gasteiger partial charge on any atom is 0.124 e. The monoisotopic (exact) mass is 250 g/mol. The van der Waals surface area contributed by atoms with Crippen molar-refractivity contribution < 1.29 is 4.74 Å². The smallest absolute Gasteiger partial charge is 0.124 e. The normalized spacial score (nSPS) is 18.6. The molecule has 0 bridgehead atoms. The molecule has 0 spiro atoms. The van der Waals surface area contributed by atoms with E-state index in [1.54, 1.807) is 0 Å². The van der Waals surface area contributed by atoms with Gasteiger partial charge >= 0.3 is 0 Å². The van der Waals surface area contributed by atoms with E-state index in [0.29, 0.717) is 0 Å². The van der Waals surface area contributed by atoms with Crippen LogP contribution >= 0.6 is 0 Å². The van der Waals surface area contributed by atoms with Crippen LogP contribution in [0.4, 0.5) is 0 Å². The Hall–Kier alpha value is -2.02. The van der Waals surface area contributed by atoms with Crippen molar-refractivity contribution in [3.63, 3.8) is 0 Å². The minimum Gasteiger partial charge on any atom is -0.485 e. The molecular weight excluding hydrogens is 232 g/mol. The Morgan fingerprint density at radius 1 is 1.05 bits per heavy atom. The van der Waals surface area contributed by atoms with E-state index in [4.69, 9.17) is 4.74 Å². The van der Waals surface area contributed by atoms with Crippen molar-refractivity contribution in [1.82, 2.24) is 0 Å². The summed E-state index contributed by atoms with van der Waals surface area (Å²) in [5.74, 6) is 1.04. The first-order valence-electron chi connectivity index (χ1n) is 6.84. The second-order valence-corrected chi connectivity index (χ2v) is 4.86. The number of ether oxygens (including phenoxy) is 1. The lowest BCUT2D eigenvalue weighted by atomic mass is 9.93. The second-order valence-electron chi connectivity index (χ2n) is 4.86. The summed E-state index contributed by atoms with van der Waals surface area (Å²) in [7, 11) is 0. The maximum absolute atomic E-state index is 6.17. The molecule has 1 heteroatoms. The van der Waals surface area contributed by atoms with Crippen LogP contribution in [-0.4, -0.2) is 6.10 Å². The zero-order valence-corrected chi connectivity index (χ0v) is 11.2. The summed E-state index contributed by atoms with van der Waals surface area (Å²) in [6.45, 7) is 2.09. The van der Waals surface area contributed by atoms with Crippen LogP contribution in [0.25, 0.3) is 5.57 Å². The Morgan fingerprint density at radius 3 is 2.58 bits per heavy atom. The highest BCUT2D eigenvalue weighted by Crippen LogP contribution is 2.33. The predicted octanol–water partition coefficient (Wildman–Crippen LogP) is 4.48. The molecule has 1 unspecified atom stereocenters. The van der Waals surface area contributed by atoms with E-state index in [0.717, 1.165) is 18.6 Å². The van der Waals surface area contributed by atoms with Gasteiger partial charge in [0.1, 0.15) is 11.9 Å². The fourth-order valence-corrected chi connectivity index (χ4v) is 2.71. The number of para-hydroxylation sites is 1. The predicted molar refractivity (Wildman–Crippen MR) is 79.3 cm³/mol. The van der Waals surface area contributed by atoms with E-state index in [2.05, 4.69) is 55.5 Å². The molecule has 0 aliphatic carbocycles. The Morgan fingerprint density at radius 2 is 1.79 bits per heavy atom. The van der Waals surface area contributed by atoms with Gasteiger partial charge in [0.15, 0.2) is 0 Å². The number of allylic oxidation sites excluding steroid dienone is 1. The first-order chi connectivity index (χ1) is 9.38. The fraction of sp³-hybridized carbons (Fsp3) is 0.222. The van der Waals surface area contributed by atoms with E-state index in [1.165, 1.54) is 16.7 Å². The Labute approximate surface area is 114 Å². The van der Waals surface area contributed by atoms with Gasteiger partial charge in [-0.1, -0.05) is 54.6 Å². The highest BCUT2D eigenvalue weighted by atomic mass is 16.5. The average Bonchev–Trinajstić information content (AvgIpc) is 2.49. The standard InChI is InChI=1S/C18H18O/c1-2-16(14-8-4-3-5-9-14)18-13-12-15-10-6-7-11-17(15)19-18/h2-11,18H,12-13H2,1H3. The lowest BCUT2D eigenvalue weighted by Crippen LogP contribution is -2.24. The molecule has 0 aromatic heterocycles. The summed E-state index contributed by atoms with van der Waals surface area (Å²) in [5.41, 5.74) is 3.87. The molecular formula is C18H18O. The molecule has 1 heterocycles. The third-order valence-corrected chi connectivity index (χ3v) is 3.68. The van der Waals surface area contributed by atoms with E-state index in [-0.39, 0.29) is 6.10 Å². The molecule has 0 N–H and O–H groups in total. The van der Waals surface area contributed by atoms with Crippen LogP contribution in [0, 0.1) is 0 Å². The van der Waals surface area contributed by atoms with Gasteiger partial charge in [-0.25, -0.2) is 0 Å². The van der Waals surface area contributed by atoms with Gasteiger partial charge in [-0.05, 0) is 42.5 Å². The molecule has 0 saturated carbocycles. The molecule has 19 heavy (non-hydrogen) atoms. The molecule has 3 rings (SSSR count). The van der Waals surface area contributed by atoms with Crippen molar-refractivity contribution in [3.8, 4) is 5.75 Å². The summed E-state index contributed by atoms with van der Waals surface area (Å²) >= 11 is 0. The van der Waals surface area contributed by atoms with Crippen molar-refractivity contribution >= 4 is 5.57 Å². The van der Waals surface area contributed by atoms with Crippen LogP contribution in [0.3, 0.4) is 0 Å². The van der Waals surface area contributed by atoms with Gasteiger partial charge in [-0.2, -0.15) is 0 Å². The third-order valence-electron chi connectivity index (χ3n) is 3.68. The topological polar surface area (TPSA) is 9.23 Å². The van der Waals surface area contributed by atoms with Gasteiger partial charge in [0.25, 0.3) is 0 Å². The summed E-state index contributed by atoms with van der Waals surface area (Å²) in [6, 6.07) is 18.9. The lowest BCUT2D eigenvalue weighted by molar-refractivity contribution is 0.227. The van der Waals surface area contributed by atoms with Crippen LogP contribution in [-0.2, 0) is 6.42 Å². The molecule has 2 aromatic rings. The fourth-order valence-electron chi connectivity index (χ4n) is 2.71. The zero-order chi connectivity index (χ0) is 13.1. The largest absolute Gasteiger partial charge is 0.485 e. The number of rotatable bonds is 2. The third kappa shape index (κ3) is 2.41. The number of benzene rings is 2. The van der Waals surface area contributed by atoms with Gasteiger partial charge in [-0.3, -0.25) is 0 Å². The van der Waals surface area contributed by atoms with Crippen LogP contribution in [0.5, 0.6) is 5.75 Å². The molecule has 96 valence electrons. The maximum atomic E-state index is 6.17. The molecule has 0 saturated heterocycles. The van der Waals surface area contributed by atoms with Crippen LogP contribution in [0.2, 0.25) is 0 Å². The Kier molecular flexibility index (Phi) is 3.37. The average molecular weight is 250 g/mol. The van der Waals surface area contributed by atoms with Crippen LogP contribution in [0.1, 0.15) is 24.5 Å². The van der Waals surface area contributed by atoms with Crippen molar-refractivity contribution in [1.29, 1.82) is 0 Å². The second kappa shape index (κ2) is 5.31. The van der Waals surface area contributed by atoms with E-state index >= 15 is 0 Å². The van der Waals surface area contributed by atoms with E-state index < -0.39 is 0 Å². The molecule has 0 amide bonds. The lowest BCUT2D eigenvalue weighted by Gasteiger charge is -2.28. The van der Waals surface area contributed by atoms with Crippen LogP contribution in [0.15, 0.2) is 60.7 Å². The van der Waals surface area contributed by atoms with Gasteiger partial charge in [0.05, 0.1) is 0 Å². The van der Waals surface area contributed by atoms with Crippen molar-refractivity contribution in [3.05, 3.63) is 71.8 Å². The Balaban J connectivity index is 1.88. The van der Waals surface area contributed by atoms with Gasteiger partial charge in [-0.15, -0.1) is 0 Å². The molecule has 0 radical (unpaired) electrons. The summed E-state index contributed by atoms with van der Waals surface area (Å²) in [5, 5.41) is 0. The molecule has 1 aliphatic rings. The van der Waals surface area contributed by atoms with Gasteiger partial charge in [0.2, 0.25) is 0 Å². The summed E-state index contributed by atoms with van der Waals surface area (Å²) in [4.78, 5) is 0. The van der Waals surface area contributed by atoms with Crippen molar-refractivity contribution in [2.24, 2.45) is 0 Å². The highest BCUT2D eigenvalue weighted by Gasteiger charge is 2.23. The van der Waals surface area contributed by atoms with Crippen molar-refractivity contribution in [2.75, 3.05) is 0 Å². The number of hydrogen-bond donors (Lipinski definition) is 0. The number of hydrogen-bond acceptors (Lipinski definition) is 1. The van der Waals surface area contributed by atoms with E-state index in [9.17, 15) is 0 Å². The molecule has 1 nitrogen and oxygen atoms in total. The quantitative estimate of drug-likeness (QED) is 0.763. The molecule has 0 fully saturated rings. The SMILES string of the molecule is CC=C(c1ccccc1)C1CCc2ccccc2O1. The van der Waals surface area contributed by atoms with Gasteiger partial charge < -0.3 is 4.74 Å². The first-order valence-corrected chi connectivity index (χ1v) is 6.84. The molecule has 2 aromatic carbocycles. The van der Waals surface area contributed by atoms with Gasteiger partial charge in [0, 0.05) is 0 Å². The minimum atomic E-state index is 0.169. The Bertz CT molecular complexity index is 584. The highest BCUT2D eigenvalue weighted by molar-refractivity contribution is 5.69. The first kappa shape index (κ1) is 12.0. The van der Waals surface area contributed by atoms with Crippen molar-refractivity contribution in [2.45, 2.75) is 25.9 Å². The van der Waals surface area contributed by atoms with Crippen LogP contribution < -0.4 is 4.74 Å². The summed E-state index contributed by atoms with van der Waals surface area (Å²) < 4.78 is 6.17. The summed E-state index contributed by atoms with van der Waals surface area (Å²) in [6.07, 6.45) is 4.48. The number of fused-ring (bicyclic) bond motifs is 1. The minimum absolute atomic E-state index is 0.169. The van der Waals surface area contributed by atoms with E-state index in [1.807, 2.05) is 12.1 Å².